The van der Waals surface area contributed by atoms with E-state index in [4.69, 9.17) is 20.3 Å². The molecule has 0 bridgehead atoms. The Bertz CT molecular complexity index is 315. The Hall–Kier alpha value is -1.26. The van der Waals surface area contributed by atoms with E-state index in [0.717, 1.165) is 29.9 Å². The molecule has 0 heterocycles. The summed E-state index contributed by atoms with van der Waals surface area (Å²) >= 11 is 0. The van der Waals surface area contributed by atoms with Gasteiger partial charge in [-0.25, -0.2) is 0 Å². The number of rotatable bonds is 7. The second-order valence-corrected chi connectivity index (χ2v) is 3.46. The van der Waals surface area contributed by atoms with Crippen LogP contribution in [-0.2, 0) is 6.54 Å². The molecule has 1 aromatic carbocycles. The maximum Gasteiger partial charge on any atom is 0.124 e. The van der Waals surface area contributed by atoms with Crippen LogP contribution < -0.4 is 15.2 Å². The van der Waals surface area contributed by atoms with E-state index in [0.29, 0.717) is 13.2 Å². The highest BCUT2D eigenvalue weighted by Crippen LogP contribution is 2.23. The van der Waals surface area contributed by atoms with Crippen molar-refractivity contribution in [2.45, 2.75) is 19.4 Å². The van der Waals surface area contributed by atoms with Crippen molar-refractivity contribution in [1.29, 1.82) is 0 Å². The molecule has 16 heavy (non-hydrogen) atoms. The molecule has 0 radical (unpaired) electrons. The summed E-state index contributed by atoms with van der Waals surface area (Å²) in [4.78, 5) is 0. The molecule has 0 saturated heterocycles. The van der Waals surface area contributed by atoms with Gasteiger partial charge in [-0.2, -0.15) is 0 Å². The number of unbranched alkanes of at least 4 members (excludes halogenated alkanes) is 1. The summed E-state index contributed by atoms with van der Waals surface area (Å²) < 4.78 is 10.7. The SMILES string of the molecule is COc1ccc(OCCCCO)c(CN)c1. The van der Waals surface area contributed by atoms with Crippen molar-refractivity contribution in [3.63, 3.8) is 0 Å². The molecule has 0 amide bonds. The fourth-order valence-electron chi connectivity index (χ4n) is 1.38. The lowest BCUT2D eigenvalue weighted by molar-refractivity contribution is 0.252. The molecule has 0 unspecified atom stereocenters. The molecule has 0 fully saturated rings. The average Bonchev–Trinajstić information content (AvgIpc) is 2.34. The Balaban J connectivity index is 2.57. The number of benzene rings is 1. The van der Waals surface area contributed by atoms with E-state index in [1.165, 1.54) is 0 Å². The largest absolute Gasteiger partial charge is 0.497 e. The van der Waals surface area contributed by atoms with Gasteiger partial charge in [-0.05, 0) is 31.0 Å². The third-order valence-corrected chi connectivity index (χ3v) is 2.30. The van der Waals surface area contributed by atoms with Crippen LogP contribution >= 0.6 is 0 Å². The highest BCUT2D eigenvalue weighted by molar-refractivity contribution is 5.40. The van der Waals surface area contributed by atoms with Crippen LogP contribution in [0.1, 0.15) is 18.4 Å². The smallest absolute Gasteiger partial charge is 0.124 e. The maximum atomic E-state index is 8.64. The van der Waals surface area contributed by atoms with Crippen LogP contribution in [0.15, 0.2) is 18.2 Å². The summed E-state index contributed by atoms with van der Waals surface area (Å²) in [5, 5.41) is 8.64. The summed E-state index contributed by atoms with van der Waals surface area (Å²) in [6, 6.07) is 5.59. The zero-order valence-electron chi connectivity index (χ0n) is 9.61. The zero-order valence-corrected chi connectivity index (χ0v) is 9.61. The first-order chi connectivity index (χ1) is 7.81. The quantitative estimate of drug-likeness (QED) is 0.687. The van der Waals surface area contributed by atoms with Crippen molar-refractivity contribution < 1.29 is 14.6 Å². The van der Waals surface area contributed by atoms with E-state index in [1.807, 2.05) is 18.2 Å². The van der Waals surface area contributed by atoms with Crippen molar-refractivity contribution in [2.75, 3.05) is 20.3 Å². The Labute approximate surface area is 96.0 Å². The van der Waals surface area contributed by atoms with Crippen LogP contribution in [0, 0.1) is 0 Å². The highest BCUT2D eigenvalue weighted by atomic mass is 16.5. The molecule has 0 aliphatic heterocycles. The number of hydrogen-bond donors (Lipinski definition) is 2. The third kappa shape index (κ3) is 3.72. The molecule has 0 aromatic heterocycles. The van der Waals surface area contributed by atoms with Crippen LogP contribution in [0.3, 0.4) is 0 Å². The Morgan fingerprint density at radius 3 is 2.75 bits per heavy atom. The van der Waals surface area contributed by atoms with Crippen LogP contribution in [0.4, 0.5) is 0 Å². The van der Waals surface area contributed by atoms with Crippen LogP contribution in [0.5, 0.6) is 11.5 Å². The van der Waals surface area contributed by atoms with E-state index >= 15 is 0 Å². The van der Waals surface area contributed by atoms with Gasteiger partial charge < -0.3 is 20.3 Å². The minimum absolute atomic E-state index is 0.204. The molecule has 3 N–H and O–H groups in total. The van der Waals surface area contributed by atoms with Gasteiger partial charge in [-0.1, -0.05) is 0 Å². The van der Waals surface area contributed by atoms with Crippen LogP contribution in [0.25, 0.3) is 0 Å². The summed E-state index contributed by atoms with van der Waals surface area (Å²) in [7, 11) is 1.62. The van der Waals surface area contributed by atoms with E-state index < -0.39 is 0 Å². The molecule has 1 aromatic rings. The standard InChI is InChI=1S/C12H19NO3/c1-15-11-4-5-12(10(8-11)9-13)16-7-3-2-6-14/h4-5,8,14H,2-3,6-7,9,13H2,1H3. The van der Waals surface area contributed by atoms with Gasteiger partial charge in [0.15, 0.2) is 0 Å². The summed E-state index contributed by atoms with van der Waals surface area (Å²) in [6.45, 7) is 1.22. The van der Waals surface area contributed by atoms with E-state index in [2.05, 4.69) is 0 Å². The Kier molecular flexibility index (Phi) is 5.67. The zero-order chi connectivity index (χ0) is 11.8. The first-order valence-electron chi connectivity index (χ1n) is 5.42. The molecule has 1 rings (SSSR count). The number of nitrogens with two attached hydrogens (primary N) is 1. The normalized spacial score (nSPS) is 10.2. The van der Waals surface area contributed by atoms with Gasteiger partial charge in [0.2, 0.25) is 0 Å². The summed E-state index contributed by atoms with van der Waals surface area (Å²) in [6.07, 6.45) is 1.60. The molecule has 0 spiro atoms. The fourth-order valence-corrected chi connectivity index (χ4v) is 1.38. The highest BCUT2D eigenvalue weighted by Gasteiger charge is 2.03. The second kappa shape index (κ2) is 7.09. The van der Waals surface area contributed by atoms with Gasteiger partial charge in [0.1, 0.15) is 11.5 Å². The average molecular weight is 225 g/mol. The Morgan fingerprint density at radius 2 is 2.12 bits per heavy atom. The van der Waals surface area contributed by atoms with Gasteiger partial charge in [0.05, 0.1) is 13.7 Å². The molecular formula is C12H19NO3. The molecule has 4 heteroatoms. The minimum atomic E-state index is 0.204. The maximum absolute atomic E-state index is 8.64. The fraction of sp³-hybridized carbons (Fsp3) is 0.500. The Morgan fingerprint density at radius 1 is 1.31 bits per heavy atom. The molecule has 0 aliphatic rings. The topological polar surface area (TPSA) is 64.7 Å². The molecular weight excluding hydrogens is 206 g/mol. The third-order valence-electron chi connectivity index (χ3n) is 2.30. The number of methoxy groups -OCH3 is 1. The van der Waals surface area contributed by atoms with E-state index in [9.17, 15) is 0 Å². The number of hydrogen-bond acceptors (Lipinski definition) is 4. The van der Waals surface area contributed by atoms with Gasteiger partial charge in [-0.3, -0.25) is 0 Å². The lowest BCUT2D eigenvalue weighted by Crippen LogP contribution is -2.04. The van der Waals surface area contributed by atoms with E-state index in [-0.39, 0.29) is 6.61 Å². The van der Waals surface area contributed by atoms with Crippen LogP contribution in [0.2, 0.25) is 0 Å². The number of aliphatic hydroxyl groups excluding tert-OH is 1. The van der Waals surface area contributed by atoms with Crippen molar-refractivity contribution >= 4 is 0 Å². The van der Waals surface area contributed by atoms with Crippen molar-refractivity contribution in [3.05, 3.63) is 23.8 Å². The predicted octanol–water partition coefficient (Wildman–Crippen LogP) is 1.31. The monoisotopic (exact) mass is 225 g/mol. The second-order valence-electron chi connectivity index (χ2n) is 3.46. The van der Waals surface area contributed by atoms with Crippen molar-refractivity contribution in [1.82, 2.24) is 0 Å². The van der Waals surface area contributed by atoms with Gasteiger partial charge in [0.25, 0.3) is 0 Å². The lowest BCUT2D eigenvalue weighted by Gasteiger charge is -2.11. The number of aliphatic hydroxyl groups is 1. The van der Waals surface area contributed by atoms with E-state index in [1.54, 1.807) is 7.11 Å². The number of ether oxygens (including phenoxy) is 2. The minimum Gasteiger partial charge on any atom is -0.497 e. The molecule has 0 atom stereocenters. The molecule has 0 aliphatic carbocycles. The summed E-state index contributed by atoms with van der Waals surface area (Å²) in [5.74, 6) is 1.57. The van der Waals surface area contributed by atoms with Crippen LogP contribution in [-0.4, -0.2) is 25.4 Å². The van der Waals surface area contributed by atoms with Crippen molar-refractivity contribution in [2.24, 2.45) is 5.73 Å². The van der Waals surface area contributed by atoms with Gasteiger partial charge >= 0.3 is 0 Å². The molecule has 0 saturated carbocycles. The van der Waals surface area contributed by atoms with Gasteiger partial charge in [-0.15, -0.1) is 0 Å². The summed E-state index contributed by atoms with van der Waals surface area (Å²) in [5.41, 5.74) is 6.56. The predicted molar refractivity (Wildman–Crippen MR) is 62.7 cm³/mol. The molecule has 90 valence electrons. The first-order valence-corrected chi connectivity index (χ1v) is 5.42. The van der Waals surface area contributed by atoms with Crippen molar-refractivity contribution in [3.8, 4) is 11.5 Å². The first kappa shape index (κ1) is 12.8. The molecule has 4 nitrogen and oxygen atoms in total. The van der Waals surface area contributed by atoms with Gasteiger partial charge in [0, 0.05) is 18.7 Å². The lowest BCUT2D eigenvalue weighted by atomic mass is 10.2.